The fraction of sp³-hybridized carbons (Fsp3) is 0.533. The molecule has 2 heterocycles. The molecule has 0 bridgehead atoms. The minimum absolute atomic E-state index is 0.582. The number of anilines is 1. The zero-order valence-electron chi connectivity index (χ0n) is 10.6. The van der Waals surface area contributed by atoms with Crippen LogP contribution in [0.2, 0.25) is 0 Å². The lowest BCUT2D eigenvalue weighted by Crippen LogP contribution is -2.41. The number of hydrogen-bond acceptors (Lipinski definition) is 3. The molecule has 2 aliphatic rings. The number of nitrogens with zero attached hydrogens (tertiary/aromatic N) is 2. The van der Waals surface area contributed by atoms with Crippen molar-refractivity contribution in [1.29, 1.82) is 5.26 Å². The van der Waals surface area contributed by atoms with Crippen molar-refractivity contribution in [3.63, 3.8) is 0 Å². The average molecular weight is 241 g/mol. The Kier molecular flexibility index (Phi) is 3.21. The first-order chi connectivity index (χ1) is 8.86. The molecular formula is C15H19N3. The fourth-order valence-electron chi connectivity index (χ4n) is 3.27. The zero-order valence-corrected chi connectivity index (χ0v) is 10.6. The van der Waals surface area contributed by atoms with Gasteiger partial charge in [-0.3, -0.25) is 4.90 Å². The molecule has 2 saturated heterocycles. The first-order valence-electron chi connectivity index (χ1n) is 6.87. The van der Waals surface area contributed by atoms with E-state index in [0.29, 0.717) is 6.04 Å². The van der Waals surface area contributed by atoms with E-state index in [0.717, 1.165) is 17.3 Å². The molecule has 3 nitrogen and oxygen atoms in total. The van der Waals surface area contributed by atoms with E-state index in [1.807, 2.05) is 24.3 Å². The first kappa shape index (κ1) is 11.6. The van der Waals surface area contributed by atoms with Gasteiger partial charge in [-0.25, -0.2) is 0 Å². The molecule has 0 radical (unpaired) electrons. The summed E-state index contributed by atoms with van der Waals surface area (Å²) in [5.41, 5.74) is 1.87. The molecule has 2 aliphatic heterocycles. The molecule has 18 heavy (non-hydrogen) atoms. The van der Waals surface area contributed by atoms with Crippen LogP contribution in [0.3, 0.4) is 0 Å². The van der Waals surface area contributed by atoms with Gasteiger partial charge in [0.25, 0.3) is 0 Å². The van der Waals surface area contributed by atoms with Crippen LogP contribution in [0.4, 0.5) is 5.69 Å². The Morgan fingerprint density at radius 2 is 1.94 bits per heavy atom. The zero-order chi connectivity index (χ0) is 12.4. The molecule has 0 aromatic heterocycles. The lowest BCUT2D eigenvalue weighted by atomic mass is 9.99. The standard InChI is InChI=1S/C15H19N3/c16-11-12-4-6-13(7-5-12)17-14-8-10-18-9-2-1-3-15(14)18/h4-7,14-15,17H,1-3,8-10H2. The molecule has 0 aliphatic carbocycles. The molecule has 0 saturated carbocycles. The van der Waals surface area contributed by atoms with Crippen LogP contribution >= 0.6 is 0 Å². The van der Waals surface area contributed by atoms with E-state index >= 15 is 0 Å². The van der Waals surface area contributed by atoms with Crippen molar-refractivity contribution in [1.82, 2.24) is 4.90 Å². The molecule has 2 atom stereocenters. The monoisotopic (exact) mass is 241 g/mol. The summed E-state index contributed by atoms with van der Waals surface area (Å²) in [6, 6.07) is 11.3. The topological polar surface area (TPSA) is 39.1 Å². The van der Waals surface area contributed by atoms with Gasteiger partial charge in [0.15, 0.2) is 0 Å². The normalized spacial score (nSPS) is 27.5. The highest BCUT2D eigenvalue weighted by Crippen LogP contribution is 2.29. The second-order valence-corrected chi connectivity index (χ2v) is 5.33. The van der Waals surface area contributed by atoms with Gasteiger partial charge >= 0.3 is 0 Å². The van der Waals surface area contributed by atoms with Gasteiger partial charge in [0, 0.05) is 24.3 Å². The van der Waals surface area contributed by atoms with Gasteiger partial charge in [-0.1, -0.05) is 6.42 Å². The minimum Gasteiger partial charge on any atom is -0.381 e. The van der Waals surface area contributed by atoms with E-state index < -0.39 is 0 Å². The summed E-state index contributed by atoms with van der Waals surface area (Å²) < 4.78 is 0. The predicted molar refractivity (Wildman–Crippen MR) is 72.4 cm³/mol. The largest absolute Gasteiger partial charge is 0.381 e. The van der Waals surface area contributed by atoms with E-state index in [4.69, 9.17) is 5.26 Å². The van der Waals surface area contributed by atoms with Crippen molar-refractivity contribution >= 4 is 5.69 Å². The van der Waals surface area contributed by atoms with E-state index in [1.54, 1.807) is 0 Å². The van der Waals surface area contributed by atoms with Crippen LogP contribution in [0.1, 0.15) is 31.2 Å². The number of fused-ring (bicyclic) bond motifs is 1. The molecule has 1 aromatic rings. The predicted octanol–water partition coefficient (Wildman–Crippen LogP) is 2.60. The maximum atomic E-state index is 8.79. The van der Waals surface area contributed by atoms with Gasteiger partial charge in [-0.05, 0) is 50.1 Å². The van der Waals surface area contributed by atoms with Crippen molar-refractivity contribution in [3.05, 3.63) is 29.8 Å². The molecule has 94 valence electrons. The van der Waals surface area contributed by atoms with Crippen molar-refractivity contribution in [2.45, 2.75) is 37.8 Å². The second-order valence-electron chi connectivity index (χ2n) is 5.33. The maximum Gasteiger partial charge on any atom is 0.0991 e. The number of nitrogens with one attached hydrogen (secondary N) is 1. The Morgan fingerprint density at radius 1 is 1.11 bits per heavy atom. The number of benzene rings is 1. The Hall–Kier alpha value is -1.53. The molecule has 0 spiro atoms. The summed E-state index contributed by atoms with van der Waals surface area (Å²) in [5, 5.41) is 12.4. The SMILES string of the molecule is N#Cc1ccc(NC2CCN3CCCCC23)cc1. The van der Waals surface area contributed by atoms with Crippen LogP contribution in [0.5, 0.6) is 0 Å². The van der Waals surface area contributed by atoms with Gasteiger partial charge in [0.05, 0.1) is 11.6 Å². The van der Waals surface area contributed by atoms with Crippen molar-refractivity contribution in [2.75, 3.05) is 18.4 Å². The summed E-state index contributed by atoms with van der Waals surface area (Å²) in [6.07, 6.45) is 5.30. The average Bonchev–Trinajstić information content (AvgIpc) is 2.83. The fourth-order valence-corrected chi connectivity index (χ4v) is 3.27. The van der Waals surface area contributed by atoms with Crippen LogP contribution < -0.4 is 5.32 Å². The molecular weight excluding hydrogens is 222 g/mol. The van der Waals surface area contributed by atoms with Gasteiger partial charge in [0.1, 0.15) is 0 Å². The Balaban J connectivity index is 1.67. The van der Waals surface area contributed by atoms with Crippen molar-refractivity contribution < 1.29 is 0 Å². The highest BCUT2D eigenvalue weighted by atomic mass is 15.2. The summed E-state index contributed by atoms with van der Waals surface area (Å²) in [4.78, 5) is 2.63. The van der Waals surface area contributed by atoms with Gasteiger partial charge in [-0.2, -0.15) is 5.26 Å². The summed E-state index contributed by atoms with van der Waals surface area (Å²) >= 11 is 0. The summed E-state index contributed by atoms with van der Waals surface area (Å²) in [7, 11) is 0. The number of piperidine rings is 1. The molecule has 3 rings (SSSR count). The highest BCUT2D eigenvalue weighted by Gasteiger charge is 2.35. The first-order valence-corrected chi connectivity index (χ1v) is 6.87. The molecule has 2 fully saturated rings. The lowest BCUT2D eigenvalue weighted by Gasteiger charge is -2.32. The van der Waals surface area contributed by atoms with Crippen LogP contribution in [0, 0.1) is 11.3 Å². The summed E-state index contributed by atoms with van der Waals surface area (Å²) in [6.45, 7) is 2.51. The Bertz CT molecular complexity index is 446. The van der Waals surface area contributed by atoms with Crippen LogP contribution in [0.25, 0.3) is 0 Å². The van der Waals surface area contributed by atoms with Crippen molar-refractivity contribution in [2.24, 2.45) is 0 Å². The quantitative estimate of drug-likeness (QED) is 0.865. The summed E-state index contributed by atoms with van der Waals surface area (Å²) in [5.74, 6) is 0. The van der Waals surface area contributed by atoms with Gasteiger partial charge < -0.3 is 5.32 Å². The minimum atomic E-state index is 0.582. The lowest BCUT2D eigenvalue weighted by molar-refractivity contribution is 0.193. The number of hydrogen-bond donors (Lipinski definition) is 1. The number of rotatable bonds is 2. The maximum absolute atomic E-state index is 8.79. The van der Waals surface area contributed by atoms with Crippen molar-refractivity contribution in [3.8, 4) is 6.07 Å². The molecule has 2 unspecified atom stereocenters. The highest BCUT2D eigenvalue weighted by molar-refractivity contribution is 5.48. The molecule has 1 aromatic carbocycles. The Morgan fingerprint density at radius 3 is 2.72 bits per heavy atom. The third kappa shape index (κ3) is 2.21. The number of nitriles is 1. The van der Waals surface area contributed by atoms with Gasteiger partial charge in [0.2, 0.25) is 0 Å². The molecule has 0 amide bonds. The van der Waals surface area contributed by atoms with Crippen LogP contribution in [0.15, 0.2) is 24.3 Å². The van der Waals surface area contributed by atoms with E-state index in [1.165, 1.54) is 38.8 Å². The second kappa shape index (κ2) is 4.99. The van der Waals surface area contributed by atoms with Crippen LogP contribution in [-0.2, 0) is 0 Å². The Labute approximate surface area is 108 Å². The molecule has 3 heteroatoms. The third-order valence-corrected chi connectivity index (χ3v) is 4.22. The smallest absolute Gasteiger partial charge is 0.0991 e. The third-order valence-electron chi connectivity index (χ3n) is 4.22. The van der Waals surface area contributed by atoms with Crippen LogP contribution in [-0.4, -0.2) is 30.1 Å². The molecule has 1 N–H and O–H groups in total. The van der Waals surface area contributed by atoms with Gasteiger partial charge in [-0.15, -0.1) is 0 Å². The van der Waals surface area contributed by atoms with E-state index in [-0.39, 0.29) is 0 Å². The van der Waals surface area contributed by atoms with E-state index in [9.17, 15) is 0 Å². The van der Waals surface area contributed by atoms with E-state index in [2.05, 4.69) is 16.3 Å².